The van der Waals surface area contributed by atoms with E-state index in [0.29, 0.717) is 0 Å². The molecule has 0 spiro atoms. The van der Waals surface area contributed by atoms with Gasteiger partial charge in [-0.25, -0.2) is 4.98 Å². The van der Waals surface area contributed by atoms with E-state index in [1.165, 1.54) is 64.7 Å². The summed E-state index contributed by atoms with van der Waals surface area (Å²) in [5.74, 6) is 1.58. The van der Waals surface area contributed by atoms with E-state index in [2.05, 4.69) is 45.0 Å². The van der Waals surface area contributed by atoms with Crippen LogP contribution in [0, 0.1) is 18.8 Å². The van der Waals surface area contributed by atoms with Gasteiger partial charge in [0.1, 0.15) is 4.83 Å². The fourth-order valence-electron chi connectivity index (χ4n) is 4.94. The number of benzene rings is 1. The van der Waals surface area contributed by atoms with Gasteiger partial charge in [-0.1, -0.05) is 43.7 Å². The highest BCUT2D eigenvalue weighted by Crippen LogP contribution is 2.45. The zero-order valence-electron chi connectivity index (χ0n) is 16.1. The highest BCUT2D eigenvalue weighted by molar-refractivity contribution is 7.19. The number of thiophene rings is 1. The summed E-state index contributed by atoms with van der Waals surface area (Å²) in [6, 6.07) is 9.12. The maximum absolute atomic E-state index is 5.21. The van der Waals surface area contributed by atoms with Crippen LogP contribution in [-0.4, -0.2) is 4.98 Å². The molecule has 2 heterocycles. The lowest BCUT2D eigenvalue weighted by atomic mass is 9.80. The van der Waals surface area contributed by atoms with Crippen molar-refractivity contribution in [3.8, 4) is 11.1 Å². The van der Waals surface area contributed by atoms with Crippen LogP contribution in [0.3, 0.4) is 0 Å². The van der Waals surface area contributed by atoms with Crippen LogP contribution < -0.4 is 0 Å². The summed E-state index contributed by atoms with van der Waals surface area (Å²) in [4.78, 5) is 8.11. The Bertz CT molecular complexity index is 997. The van der Waals surface area contributed by atoms with Crippen LogP contribution in [0.1, 0.15) is 54.0 Å². The van der Waals surface area contributed by atoms with Crippen molar-refractivity contribution in [3.63, 3.8) is 0 Å². The highest BCUT2D eigenvalue weighted by Gasteiger charge is 2.28. The van der Waals surface area contributed by atoms with Crippen molar-refractivity contribution in [2.75, 3.05) is 0 Å². The first-order valence-electron chi connectivity index (χ1n) is 10.1. The minimum absolute atomic E-state index is 0.764. The number of hydrogen-bond acceptors (Lipinski definition) is 2. The summed E-state index contributed by atoms with van der Waals surface area (Å²) in [7, 11) is 0. The van der Waals surface area contributed by atoms with Gasteiger partial charge in [0.25, 0.3) is 0 Å². The molecule has 0 saturated carbocycles. The number of nitrogens with zero attached hydrogens (tertiary/aromatic N) is 1. The Kier molecular flexibility index (Phi) is 3.93. The van der Waals surface area contributed by atoms with Gasteiger partial charge in [0.05, 0.1) is 0 Å². The number of pyridine rings is 1. The van der Waals surface area contributed by atoms with Crippen LogP contribution in [0.25, 0.3) is 21.3 Å². The summed E-state index contributed by atoms with van der Waals surface area (Å²) in [6.07, 6.45) is 7.39. The number of aromatic nitrogens is 1. The highest BCUT2D eigenvalue weighted by atomic mass is 32.1. The second-order valence-corrected chi connectivity index (χ2v) is 9.75. The van der Waals surface area contributed by atoms with E-state index < -0.39 is 0 Å². The molecule has 26 heavy (non-hydrogen) atoms. The molecule has 5 rings (SSSR count). The average Bonchev–Trinajstić information content (AvgIpc) is 2.96. The molecule has 134 valence electrons. The zero-order chi connectivity index (χ0) is 17.8. The molecule has 0 radical (unpaired) electrons. The number of fused-ring (bicyclic) bond motifs is 4. The molecule has 3 aromatic rings. The molecule has 0 amide bonds. The first-order valence-corrected chi connectivity index (χ1v) is 10.9. The number of aryl methyl sites for hydroxylation is 3. The van der Waals surface area contributed by atoms with E-state index in [-0.39, 0.29) is 0 Å². The fraction of sp³-hybridized carbons (Fsp3) is 0.458. The van der Waals surface area contributed by atoms with Crippen LogP contribution in [0.15, 0.2) is 24.3 Å². The Balaban J connectivity index is 1.85. The second kappa shape index (κ2) is 6.20. The summed E-state index contributed by atoms with van der Waals surface area (Å²) in [6.45, 7) is 7.01. The lowest BCUT2D eigenvalue weighted by Crippen LogP contribution is -2.15. The topological polar surface area (TPSA) is 12.9 Å². The third kappa shape index (κ3) is 2.62. The fourth-order valence-corrected chi connectivity index (χ4v) is 6.35. The second-order valence-electron chi connectivity index (χ2n) is 8.66. The van der Waals surface area contributed by atoms with E-state index in [1.54, 1.807) is 16.0 Å². The van der Waals surface area contributed by atoms with E-state index in [4.69, 9.17) is 4.98 Å². The van der Waals surface area contributed by atoms with Crippen molar-refractivity contribution in [1.29, 1.82) is 0 Å². The molecule has 0 fully saturated rings. The monoisotopic (exact) mass is 361 g/mol. The summed E-state index contributed by atoms with van der Waals surface area (Å²) >= 11 is 1.98. The zero-order valence-corrected chi connectivity index (χ0v) is 16.9. The standard InChI is InChI=1S/C24H27NS/c1-14-5-4-6-17(11-14)22-19-12-15(2)8-10-20(19)25-24-23(22)18-9-7-16(3)13-21(18)26-24/h4-6,11,15-16H,7-10,12-13H2,1-3H3/t15-,16-/m0/s1. The van der Waals surface area contributed by atoms with E-state index in [1.807, 2.05) is 11.3 Å². The Morgan fingerprint density at radius 3 is 2.65 bits per heavy atom. The van der Waals surface area contributed by atoms with Crippen molar-refractivity contribution in [3.05, 3.63) is 51.5 Å². The number of hydrogen-bond donors (Lipinski definition) is 0. The van der Waals surface area contributed by atoms with Crippen LogP contribution in [0.4, 0.5) is 0 Å². The van der Waals surface area contributed by atoms with Gasteiger partial charge >= 0.3 is 0 Å². The van der Waals surface area contributed by atoms with Gasteiger partial charge in [-0.05, 0) is 79.5 Å². The smallest absolute Gasteiger partial charge is 0.124 e. The van der Waals surface area contributed by atoms with Crippen LogP contribution in [-0.2, 0) is 25.7 Å². The normalized spacial score (nSPS) is 22.3. The van der Waals surface area contributed by atoms with Crippen LogP contribution in [0.2, 0.25) is 0 Å². The van der Waals surface area contributed by atoms with Gasteiger partial charge in [-0.3, -0.25) is 0 Å². The minimum Gasteiger partial charge on any atom is -0.242 e. The first kappa shape index (κ1) is 16.5. The van der Waals surface area contributed by atoms with Crippen molar-refractivity contribution in [2.45, 2.75) is 59.3 Å². The van der Waals surface area contributed by atoms with Crippen molar-refractivity contribution < 1.29 is 0 Å². The molecule has 2 atom stereocenters. The lowest BCUT2D eigenvalue weighted by Gasteiger charge is -2.25. The van der Waals surface area contributed by atoms with Gasteiger partial charge in [0.15, 0.2) is 0 Å². The lowest BCUT2D eigenvalue weighted by molar-refractivity contribution is 0.496. The Labute approximate surface area is 160 Å². The van der Waals surface area contributed by atoms with E-state index in [0.717, 1.165) is 18.3 Å². The minimum atomic E-state index is 0.764. The SMILES string of the molecule is Cc1cccc(-c2c3c(nc4sc5c(c24)CC[C@H](C)C5)CC[C@H](C)C3)c1. The van der Waals surface area contributed by atoms with Crippen molar-refractivity contribution in [2.24, 2.45) is 11.8 Å². The molecule has 2 aliphatic carbocycles. The molecular formula is C24H27NS. The summed E-state index contributed by atoms with van der Waals surface area (Å²) in [5, 5.41) is 1.50. The maximum Gasteiger partial charge on any atom is 0.124 e. The molecular weight excluding hydrogens is 334 g/mol. The Hall–Kier alpha value is -1.67. The predicted octanol–water partition coefficient (Wildman–Crippen LogP) is 6.52. The van der Waals surface area contributed by atoms with Crippen molar-refractivity contribution in [1.82, 2.24) is 4.98 Å². The molecule has 2 aliphatic rings. The predicted molar refractivity (Wildman–Crippen MR) is 112 cm³/mol. The molecule has 2 aromatic heterocycles. The van der Waals surface area contributed by atoms with E-state index in [9.17, 15) is 0 Å². The van der Waals surface area contributed by atoms with E-state index >= 15 is 0 Å². The van der Waals surface area contributed by atoms with Gasteiger partial charge in [0, 0.05) is 16.0 Å². The third-order valence-corrected chi connectivity index (χ3v) is 7.51. The summed E-state index contributed by atoms with van der Waals surface area (Å²) in [5.41, 5.74) is 8.81. The Morgan fingerprint density at radius 2 is 1.81 bits per heavy atom. The number of rotatable bonds is 1. The molecule has 1 nitrogen and oxygen atoms in total. The quantitative estimate of drug-likeness (QED) is 0.481. The van der Waals surface area contributed by atoms with Crippen molar-refractivity contribution >= 4 is 21.6 Å². The summed E-state index contributed by atoms with van der Waals surface area (Å²) < 4.78 is 0. The molecule has 1 aromatic carbocycles. The van der Waals surface area contributed by atoms with Crippen LogP contribution >= 0.6 is 11.3 Å². The van der Waals surface area contributed by atoms with Crippen LogP contribution in [0.5, 0.6) is 0 Å². The molecule has 2 heteroatoms. The first-order chi connectivity index (χ1) is 12.6. The van der Waals surface area contributed by atoms with Gasteiger partial charge < -0.3 is 0 Å². The van der Waals surface area contributed by atoms with Gasteiger partial charge in [-0.15, -0.1) is 11.3 Å². The third-order valence-electron chi connectivity index (χ3n) is 6.36. The van der Waals surface area contributed by atoms with Gasteiger partial charge in [-0.2, -0.15) is 0 Å². The Morgan fingerprint density at radius 1 is 1.00 bits per heavy atom. The molecule has 0 saturated heterocycles. The largest absolute Gasteiger partial charge is 0.242 e. The molecule has 0 unspecified atom stereocenters. The van der Waals surface area contributed by atoms with Gasteiger partial charge in [0.2, 0.25) is 0 Å². The maximum atomic E-state index is 5.21. The molecule has 0 N–H and O–H groups in total. The average molecular weight is 362 g/mol. The molecule has 0 bridgehead atoms. The molecule has 0 aliphatic heterocycles.